The fraction of sp³-hybridized carbons (Fsp3) is 0.103. The molecule has 0 bridgehead atoms. The van der Waals surface area contributed by atoms with Crippen molar-refractivity contribution in [2.75, 3.05) is 6.61 Å². The molecule has 0 atom stereocenters. The van der Waals surface area contributed by atoms with Crippen molar-refractivity contribution in [1.29, 1.82) is 0 Å². The third kappa shape index (κ3) is 6.58. The van der Waals surface area contributed by atoms with Crippen molar-refractivity contribution in [3.63, 3.8) is 0 Å². The number of ether oxygens (including phenoxy) is 2. The number of esters is 1. The van der Waals surface area contributed by atoms with Crippen molar-refractivity contribution in [3.05, 3.63) is 263 Å². The van der Waals surface area contributed by atoms with Crippen LogP contribution in [0.15, 0.2) is 224 Å². The molecule has 5 heteroatoms. The van der Waals surface area contributed by atoms with E-state index in [-0.39, 0.29) is 12.6 Å². The first-order chi connectivity index (χ1) is 35.9. The second-order valence-electron chi connectivity index (χ2n) is 20.1. The van der Waals surface area contributed by atoms with Gasteiger partial charge in [-0.25, -0.2) is 4.79 Å². The van der Waals surface area contributed by atoms with Gasteiger partial charge in [-0.05, 0) is 114 Å². The van der Waals surface area contributed by atoms with E-state index in [2.05, 4.69) is 211 Å². The zero-order chi connectivity index (χ0) is 48.8. The lowest BCUT2D eigenvalue weighted by Crippen LogP contribution is -2.34. The number of fused-ring (bicyclic) bond motifs is 12. The maximum atomic E-state index is 14.7. The van der Waals surface area contributed by atoms with Gasteiger partial charge in [0.05, 0.1) is 34.2 Å². The van der Waals surface area contributed by atoms with Crippen LogP contribution in [-0.4, -0.2) is 21.7 Å². The summed E-state index contributed by atoms with van der Waals surface area (Å²) in [6, 6.07) is 77.8. The predicted molar refractivity (Wildman–Crippen MR) is 299 cm³/mol. The lowest BCUT2D eigenvalue weighted by atomic mass is 9.76. The van der Waals surface area contributed by atoms with E-state index in [9.17, 15) is 4.79 Å². The van der Waals surface area contributed by atoms with Gasteiger partial charge in [-0.1, -0.05) is 176 Å². The molecule has 350 valence electrons. The molecule has 73 heavy (non-hydrogen) atoms. The van der Waals surface area contributed by atoms with Gasteiger partial charge in [0.2, 0.25) is 0 Å². The minimum atomic E-state index is -0.901. The summed E-state index contributed by atoms with van der Waals surface area (Å²) in [5.74, 6) is 0.309. The Morgan fingerprint density at radius 3 is 1.51 bits per heavy atom. The first kappa shape index (κ1) is 42.9. The highest BCUT2D eigenvalue weighted by molar-refractivity contribution is 6.10. The number of hydrogen-bond acceptors (Lipinski definition) is 3. The summed E-state index contributed by atoms with van der Waals surface area (Å²) in [4.78, 5) is 14.7. The highest BCUT2D eigenvalue weighted by Crippen LogP contribution is 2.53. The van der Waals surface area contributed by atoms with Gasteiger partial charge in [0.15, 0.2) is 5.60 Å². The van der Waals surface area contributed by atoms with E-state index in [1.165, 1.54) is 65.9 Å². The Hall–Kier alpha value is -8.93. The molecule has 0 radical (unpaired) electrons. The minimum Gasteiger partial charge on any atom is -0.472 e. The fourth-order valence-corrected chi connectivity index (χ4v) is 12.4. The summed E-state index contributed by atoms with van der Waals surface area (Å²) >= 11 is 0. The average molecular weight is 943 g/mol. The Kier molecular flexibility index (Phi) is 9.74. The second-order valence-corrected chi connectivity index (χ2v) is 20.1. The molecule has 1 aliphatic carbocycles. The second kappa shape index (κ2) is 16.6. The average Bonchev–Trinajstić information content (AvgIpc) is 4.06. The van der Waals surface area contributed by atoms with Crippen molar-refractivity contribution >= 4 is 66.4 Å². The molecule has 0 unspecified atom stereocenters. The van der Waals surface area contributed by atoms with E-state index in [1.54, 1.807) is 0 Å². The molecule has 14 rings (SSSR count). The lowest BCUT2D eigenvalue weighted by Gasteiger charge is -2.37. The summed E-state index contributed by atoms with van der Waals surface area (Å²) in [7, 11) is 0. The maximum absolute atomic E-state index is 14.7. The van der Waals surface area contributed by atoms with Crippen LogP contribution in [0, 0.1) is 6.92 Å². The molecular weight excluding hydrogens is 893 g/mol. The van der Waals surface area contributed by atoms with Crippen molar-refractivity contribution < 1.29 is 14.3 Å². The van der Waals surface area contributed by atoms with Crippen molar-refractivity contribution in [2.24, 2.45) is 0 Å². The lowest BCUT2D eigenvalue weighted by molar-refractivity contribution is 0.0492. The molecule has 0 fully saturated rings. The number of aromatic nitrogens is 2. The summed E-state index contributed by atoms with van der Waals surface area (Å²) in [5, 5.41) is 6.82. The number of aryl methyl sites for hydroxylation is 1. The monoisotopic (exact) mass is 942 g/mol. The summed E-state index contributed by atoms with van der Waals surface area (Å²) in [5.41, 5.74) is 15.0. The molecule has 1 aliphatic heterocycles. The van der Waals surface area contributed by atoms with Crippen molar-refractivity contribution in [2.45, 2.75) is 37.7 Å². The quantitative estimate of drug-likeness (QED) is 0.107. The number of nitrogens with zero attached hydrogens (tertiary/aromatic N) is 2. The van der Waals surface area contributed by atoms with Gasteiger partial charge in [0.25, 0.3) is 0 Å². The van der Waals surface area contributed by atoms with Gasteiger partial charge in [0, 0.05) is 60.4 Å². The molecule has 3 heterocycles. The van der Waals surface area contributed by atoms with Gasteiger partial charge < -0.3 is 18.6 Å². The third-order valence-corrected chi connectivity index (χ3v) is 15.9. The standard InChI is InChI=1S/C68H50N2O3/c1-44-30-33-50-45(40-44)41-58(57-36-38-68(73-65(50)57,46-18-5-3-6-19-46)47-20-7-4-8-21-47)66(71)72-39-17-37-67(2)59-42-48(69-61-26-13-9-22-53(61)54-23-10-14-27-62(54)69)31-34-51(59)52-35-32-49(43-60(52)67)70-63-28-15-11-24-55(63)56-25-12-16-29-64(56)70/h3-16,18-36,38,40-43H,17,37,39H2,1-2H3. The van der Waals surface area contributed by atoms with Crippen LogP contribution in [0.1, 0.15) is 63.5 Å². The van der Waals surface area contributed by atoms with Gasteiger partial charge in [0.1, 0.15) is 5.75 Å². The molecular formula is C68H50N2O3. The summed E-state index contributed by atoms with van der Waals surface area (Å²) in [6.07, 6.45) is 5.55. The Morgan fingerprint density at radius 1 is 0.521 bits per heavy atom. The van der Waals surface area contributed by atoms with E-state index in [0.717, 1.165) is 50.8 Å². The third-order valence-electron chi connectivity index (χ3n) is 15.9. The van der Waals surface area contributed by atoms with Gasteiger partial charge in [-0.15, -0.1) is 0 Å². The van der Waals surface area contributed by atoms with Gasteiger partial charge in [-0.2, -0.15) is 0 Å². The van der Waals surface area contributed by atoms with Crippen LogP contribution in [0.3, 0.4) is 0 Å². The fourth-order valence-electron chi connectivity index (χ4n) is 12.4. The molecule has 0 saturated carbocycles. The van der Waals surface area contributed by atoms with E-state index in [4.69, 9.17) is 9.47 Å². The molecule has 2 aliphatic rings. The molecule has 0 amide bonds. The van der Waals surface area contributed by atoms with E-state index < -0.39 is 11.0 Å². The Bertz CT molecular complexity index is 3930. The van der Waals surface area contributed by atoms with Crippen molar-refractivity contribution in [1.82, 2.24) is 9.13 Å². The first-order valence-electron chi connectivity index (χ1n) is 25.4. The van der Waals surface area contributed by atoms with Gasteiger partial charge >= 0.3 is 5.97 Å². The van der Waals surface area contributed by atoms with Crippen LogP contribution in [0.2, 0.25) is 0 Å². The molecule has 12 aromatic rings. The summed E-state index contributed by atoms with van der Waals surface area (Å²) in [6.45, 7) is 4.72. The zero-order valence-electron chi connectivity index (χ0n) is 40.7. The van der Waals surface area contributed by atoms with E-state index >= 15 is 0 Å². The van der Waals surface area contributed by atoms with E-state index in [0.29, 0.717) is 17.7 Å². The minimum absolute atomic E-state index is 0.251. The summed E-state index contributed by atoms with van der Waals surface area (Å²) < 4.78 is 18.5. The van der Waals surface area contributed by atoms with Crippen molar-refractivity contribution in [3.8, 4) is 28.3 Å². The smallest absolute Gasteiger partial charge is 0.338 e. The van der Waals surface area contributed by atoms with Crippen LogP contribution in [0.5, 0.6) is 5.75 Å². The van der Waals surface area contributed by atoms with Crippen LogP contribution in [0.4, 0.5) is 0 Å². The van der Waals surface area contributed by atoms with Crippen LogP contribution < -0.4 is 4.74 Å². The van der Waals surface area contributed by atoms with Crippen LogP contribution in [-0.2, 0) is 15.8 Å². The van der Waals surface area contributed by atoms with Gasteiger partial charge in [-0.3, -0.25) is 0 Å². The first-order valence-corrected chi connectivity index (χ1v) is 25.4. The molecule has 5 nitrogen and oxygen atoms in total. The molecule has 0 N–H and O–H groups in total. The number of para-hydroxylation sites is 4. The highest BCUT2D eigenvalue weighted by Gasteiger charge is 2.41. The number of rotatable bonds is 9. The Morgan fingerprint density at radius 2 is 1.00 bits per heavy atom. The van der Waals surface area contributed by atoms with E-state index in [1.807, 2.05) is 42.5 Å². The van der Waals surface area contributed by atoms with Crippen LogP contribution >= 0.6 is 0 Å². The largest absolute Gasteiger partial charge is 0.472 e. The highest BCUT2D eigenvalue weighted by atomic mass is 16.5. The predicted octanol–water partition coefficient (Wildman–Crippen LogP) is 16.6. The number of benzene rings is 10. The SMILES string of the molecule is Cc1ccc2c3c(c(C(=O)OCCCC4(C)c5cc(-n6c7ccccc7c7ccccc76)ccc5-c5ccc(-n6c7ccccc7c7ccccc76)cc54)cc2c1)C=CC(c1ccccc1)(c1ccccc1)O3. The Labute approximate surface area is 423 Å². The zero-order valence-corrected chi connectivity index (χ0v) is 40.7. The maximum Gasteiger partial charge on any atom is 0.338 e. The molecule has 0 saturated heterocycles. The molecule has 0 spiro atoms. The molecule has 2 aromatic heterocycles. The Balaban J connectivity index is 0.842. The number of carbonyl (C=O) groups excluding carboxylic acids is 1. The number of carbonyl (C=O) groups is 1. The van der Waals surface area contributed by atoms with Crippen LogP contribution in [0.25, 0.3) is 83.0 Å². The number of hydrogen-bond donors (Lipinski definition) is 0. The normalized spacial score (nSPS) is 14.1. The topological polar surface area (TPSA) is 45.4 Å². The molecule has 10 aromatic carbocycles.